The summed E-state index contributed by atoms with van der Waals surface area (Å²) in [6.45, 7) is 6.07. The van der Waals surface area contributed by atoms with Crippen LogP contribution in [0.15, 0.2) is 22.7 Å². The number of benzene rings is 1. The van der Waals surface area contributed by atoms with Crippen molar-refractivity contribution in [3.05, 3.63) is 33.8 Å². The Balaban J connectivity index is 2.45. The smallest absolute Gasteiger partial charge is 0.251 e. The normalized spacial score (nSPS) is 10.4. The second kappa shape index (κ2) is 7.28. The minimum absolute atomic E-state index is 0.0549. The molecule has 104 valence electrons. The lowest BCUT2D eigenvalue weighted by atomic mass is 10.1. The van der Waals surface area contributed by atoms with E-state index in [9.17, 15) is 9.59 Å². The van der Waals surface area contributed by atoms with Crippen LogP contribution in [0, 0.1) is 6.92 Å². The number of carbonyl (C=O) groups excluding carboxylic acids is 2. The van der Waals surface area contributed by atoms with E-state index in [0.717, 1.165) is 10.0 Å². The summed E-state index contributed by atoms with van der Waals surface area (Å²) in [5.74, 6) is -0.220. The maximum absolute atomic E-state index is 11.9. The van der Waals surface area contributed by atoms with Gasteiger partial charge in [-0.2, -0.15) is 0 Å². The fourth-order valence-corrected chi connectivity index (χ4v) is 2.26. The van der Waals surface area contributed by atoms with Gasteiger partial charge in [-0.15, -0.1) is 0 Å². The van der Waals surface area contributed by atoms with Crippen LogP contribution in [0.25, 0.3) is 0 Å². The van der Waals surface area contributed by atoms with Crippen LogP contribution in [0.2, 0.25) is 0 Å². The van der Waals surface area contributed by atoms with Crippen molar-refractivity contribution < 1.29 is 9.59 Å². The molecule has 0 aliphatic carbocycles. The molecule has 0 aliphatic heterocycles. The number of rotatable bonds is 5. The molecular formula is C14H19BrN2O2. The summed E-state index contributed by atoms with van der Waals surface area (Å²) in [5.41, 5.74) is 1.60. The number of carbonyl (C=O) groups is 2. The lowest BCUT2D eigenvalue weighted by Gasteiger charge is -2.09. The van der Waals surface area contributed by atoms with E-state index >= 15 is 0 Å². The second-order valence-electron chi connectivity index (χ2n) is 4.75. The molecule has 0 radical (unpaired) electrons. The Labute approximate surface area is 122 Å². The van der Waals surface area contributed by atoms with Crippen LogP contribution in [-0.4, -0.2) is 24.4 Å². The summed E-state index contributed by atoms with van der Waals surface area (Å²) in [6.07, 6.45) is 0.289. The third-order valence-corrected chi connectivity index (χ3v) is 2.85. The van der Waals surface area contributed by atoms with Gasteiger partial charge in [0.25, 0.3) is 5.91 Å². The standard InChI is InChI=1S/C14H19BrN2O2/c1-9(2)17-13(18)4-5-16-14(19)11-6-10(3)7-12(15)8-11/h6-9H,4-5H2,1-3H3,(H,16,19)(H,17,18). The molecule has 1 rings (SSSR count). The third-order valence-electron chi connectivity index (χ3n) is 2.39. The van der Waals surface area contributed by atoms with Crippen LogP contribution >= 0.6 is 15.9 Å². The molecule has 0 aliphatic rings. The fourth-order valence-electron chi connectivity index (χ4n) is 1.65. The molecule has 2 amide bonds. The highest BCUT2D eigenvalue weighted by Gasteiger charge is 2.08. The van der Waals surface area contributed by atoms with Crippen molar-refractivity contribution in [3.8, 4) is 0 Å². The van der Waals surface area contributed by atoms with E-state index in [1.54, 1.807) is 6.07 Å². The van der Waals surface area contributed by atoms with Crippen molar-refractivity contribution in [1.29, 1.82) is 0 Å². The van der Waals surface area contributed by atoms with E-state index in [1.165, 1.54) is 0 Å². The van der Waals surface area contributed by atoms with Crippen molar-refractivity contribution in [2.45, 2.75) is 33.2 Å². The van der Waals surface area contributed by atoms with Gasteiger partial charge in [-0.05, 0) is 44.5 Å². The molecule has 0 unspecified atom stereocenters. The van der Waals surface area contributed by atoms with Crippen molar-refractivity contribution in [1.82, 2.24) is 10.6 Å². The highest BCUT2D eigenvalue weighted by molar-refractivity contribution is 9.10. The molecule has 19 heavy (non-hydrogen) atoms. The number of aryl methyl sites for hydroxylation is 1. The molecule has 4 nitrogen and oxygen atoms in total. The molecule has 0 aromatic heterocycles. The van der Waals surface area contributed by atoms with Gasteiger partial charge in [-0.3, -0.25) is 9.59 Å². The number of halogens is 1. The van der Waals surface area contributed by atoms with Crippen LogP contribution < -0.4 is 10.6 Å². The van der Waals surface area contributed by atoms with Gasteiger partial charge in [0.05, 0.1) is 0 Å². The maximum atomic E-state index is 11.9. The van der Waals surface area contributed by atoms with Gasteiger partial charge in [0.2, 0.25) is 5.91 Å². The minimum atomic E-state index is -0.165. The quantitative estimate of drug-likeness (QED) is 0.872. The van der Waals surface area contributed by atoms with Gasteiger partial charge >= 0.3 is 0 Å². The van der Waals surface area contributed by atoms with Gasteiger partial charge in [0.15, 0.2) is 0 Å². The molecular weight excluding hydrogens is 308 g/mol. The number of hydrogen-bond acceptors (Lipinski definition) is 2. The third kappa shape index (κ3) is 5.87. The summed E-state index contributed by atoms with van der Waals surface area (Å²) in [6, 6.07) is 5.63. The predicted molar refractivity (Wildman–Crippen MR) is 79.1 cm³/mol. The van der Waals surface area contributed by atoms with Gasteiger partial charge in [0.1, 0.15) is 0 Å². The molecule has 1 aromatic rings. The van der Waals surface area contributed by atoms with E-state index in [1.807, 2.05) is 32.9 Å². The molecule has 0 fully saturated rings. The number of nitrogens with one attached hydrogen (secondary N) is 2. The van der Waals surface area contributed by atoms with Crippen molar-refractivity contribution in [2.24, 2.45) is 0 Å². The Morgan fingerprint density at radius 2 is 1.95 bits per heavy atom. The molecule has 1 aromatic carbocycles. The van der Waals surface area contributed by atoms with Crippen molar-refractivity contribution in [2.75, 3.05) is 6.54 Å². The average Bonchev–Trinajstić information content (AvgIpc) is 2.26. The number of amides is 2. The van der Waals surface area contributed by atoms with Gasteiger partial charge in [-0.1, -0.05) is 15.9 Å². The van der Waals surface area contributed by atoms with Gasteiger partial charge in [-0.25, -0.2) is 0 Å². The maximum Gasteiger partial charge on any atom is 0.251 e. The summed E-state index contributed by atoms with van der Waals surface area (Å²) in [5, 5.41) is 5.51. The van der Waals surface area contributed by atoms with E-state index in [0.29, 0.717) is 12.1 Å². The highest BCUT2D eigenvalue weighted by atomic mass is 79.9. The molecule has 5 heteroatoms. The highest BCUT2D eigenvalue weighted by Crippen LogP contribution is 2.15. The van der Waals surface area contributed by atoms with E-state index in [2.05, 4.69) is 26.6 Å². The zero-order valence-electron chi connectivity index (χ0n) is 11.4. The fraction of sp³-hybridized carbons (Fsp3) is 0.429. The first-order valence-corrected chi connectivity index (χ1v) is 7.02. The number of hydrogen-bond donors (Lipinski definition) is 2. The van der Waals surface area contributed by atoms with Crippen LogP contribution in [0.4, 0.5) is 0 Å². The molecule has 0 heterocycles. The van der Waals surface area contributed by atoms with E-state index in [4.69, 9.17) is 0 Å². The van der Waals surface area contributed by atoms with Crippen LogP contribution in [0.3, 0.4) is 0 Å². The largest absolute Gasteiger partial charge is 0.354 e. The Morgan fingerprint density at radius 3 is 2.53 bits per heavy atom. The minimum Gasteiger partial charge on any atom is -0.354 e. The molecule has 0 atom stereocenters. The second-order valence-corrected chi connectivity index (χ2v) is 5.66. The molecule has 0 spiro atoms. The first-order valence-electron chi connectivity index (χ1n) is 6.23. The Kier molecular flexibility index (Phi) is 6.02. The SMILES string of the molecule is Cc1cc(Br)cc(C(=O)NCCC(=O)NC(C)C)c1. The molecule has 0 saturated carbocycles. The van der Waals surface area contributed by atoms with Crippen LogP contribution in [0.1, 0.15) is 36.2 Å². The summed E-state index contributed by atoms with van der Waals surface area (Å²) < 4.78 is 0.871. The lowest BCUT2D eigenvalue weighted by Crippen LogP contribution is -2.34. The first-order chi connectivity index (χ1) is 8.88. The van der Waals surface area contributed by atoms with Crippen molar-refractivity contribution >= 4 is 27.7 Å². The predicted octanol–water partition coefficient (Wildman–Crippen LogP) is 2.40. The first kappa shape index (κ1) is 15.7. The van der Waals surface area contributed by atoms with Crippen LogP contribution in [-0.2, 0) is 4.79 Å². The molecule has 0 bridgehead atoms. The summed E-state index contributed by atoms with van der Waals surface area (Å²) >= 11 is 3.36. The average molecular weight is 327 g/mol. The van der Waals surface area contributed by atoms with Gasteiger partial charge < -0.3 is 10.6 Å². The Hall–Kier alpha value is -1.36. The van der Waals surface area contributed by atoms with E-state index in [-0.39, 0.29) is 24.3 Å². The zero-order chi connectivity index (χ0) is 14.4. The topological polar surface area (TPSA) is 58.2 Å². The van der Waals surface area contributed by atoms with Crippen LogP contribution in [0.5, 0.6) is 0 Å². The van der Waals surface area contributed by atoms with Crippen molar-refractivity contribution in [3.63, 3.8) is 0 Å². The summed E-state index contributed by atoms with van der Waals surface area (Å²) in [4.78, 5) is 23.3. The molecule has 0 saturated heterocycles. The summed E-state index contributed by atoms with van der Waals surface area (Å²) in [7, 11) is 0. The Bertz CT molecular complexity index is 452. The van der Waals surface area contributed by atoms with E-state index < -0.39 is 0 Å². The van der Waals surface area contributed by atoms with Gasteiger partial charge in [0, 0.05) is 29.0 Å². The molecule has 2 N–H and O–H groups in total. The monoisotopic (exact) mass is 326 g/mol. The Morgan fingerprint density at radius 1 is 1.26 bits per heavy atom. The zero-order valence-corrected chi connectivity index (χ0v) is 13.0. The lowest BCUT2D eigenvalue weighted by molar-refractivity contribution is -0.121.